The average molecular weight is 513 g/mol. The second-order valence-corrected chi connectivity index (χ2v) is 9.40. The third-order valence-electron chi connectivity index (χ3n) is 5.85. The molecule has 8 nitrogen and oxygen atoms in total. The van der Waals surface area contributed by atoms with Gasteiger partial charge in [0.15, 0.2) is 0 Å². The molecule has 0 spiro atoms. The Bertz CT molecular complexity index is 1210. The lowest BCUT2D eigenvalue weighted by Crippen LogP contribution is -2.43. The fourth-order valence-electron chi connectivity index (χ4n) is 3.95. The van der Waals surface area contributed by atoms with Gasteiger partial charge < -0.3 is 20.3 Å². The summed E-state index contributed by atoms with van der Waals surface area (Å²) >= 11 is 7.47. The minimum absolute atomic E-state index is 0.0869. The molecule has 1 aromatic heterocycles. The van der Waals surface area contributed by atoms with E-state index in [1.165, 1.54) is 18.4 Å². The normalized spacial score (nSPS) is 13.8. The van der Waals surface area contributed by atoms with Crippen LogP contribution in [0.2, 0.25) is 5.02 Å². The van der Waals surface area contributed by atoms with Crippen LogP contribution in [0.15, 0.2) is 53.9 Å². The summed E-state index contributed by atoms with van der Waals surface area (Å²) in [5, 5.41) is 8.70. The predicted octanol–water partition coefficient (Wildman–Crippen LogP) is 4.78. The van der Waals surface area contributed by atoms with Crippen LogP contribution >= 0.6 is 22.9 Å². The molecule has 0 aliphatic carbocycles. The Morgan fingerprint density at radius 1 is 1.11 bits per heavy atom. The van der Waals surface area contributed by atoms with Crippen LogP contribution in [0.4, 0.5) is 10.5 Å². The maximum Gasteiger partial charge on any atom is 0.407 e. The Kier molecular flexibility index (Phi) is 7.99. The van der Waals surface area contributed by atoms with Crippen LogP contribution in [-0.4, -0.2) is 54.5 Å². The number of amides is 3. The van der Waals surface area contributed by atoms with E-state index >= 15 is 0 Å². The van der Waals surface area contributed by atoms with Crippen molar-refractivity contribution in [3.8, 4) is 11.1 Å². The molecule has 10 heteroatoms. The van der Waals surface area contributed by atoms with Crippen molar-refractivity contribution in [2.75, 3.05) is 32.1 Å². The Morgan fingerprint density at radius 3 is 2.54 bits per heavy atom. The quantitative estimate of drug-likeness (QED) is 0.495. The second-order valence-electron chi connectivity index (χ2n) is 8.08. The number of anilines is 1. The van der Waals surface area contributed by atoms with Gasteiger partial charge in [0.1, 0.15) is 12.2 Å². The summed E-state index contributed by atoms with van der Waals surface area (Å²) in [6.07, 6.45) is 0.869. The summed E-state index contributed by atoms with van der Waals surface area (Å²) in [7, 11) is 1.26. The van der Waals surface area contributed by atoms with E-state index in [1.54, 1.807) is 10.3 Å². The molecule has 4 rings (SSSR count). The SMILES string of the molecule is COC(=O)NCC(=O)N1CCC(c2nc(C(=O)Nc3ccccc3-c3ccc(Cl)cc3)cs2)CC1. The molecule has 0 atom stereocenters. The topological polar surface area (TPSA) is 101 Å². The first-order valence-corrected chi connectivity index (χ1v) is 12.4. The van der Waals surface area contributed by atoms with Crippen molar-refractivity contribution in [3.05, 3.63) is 69.6 Å². The highest BCUT2D eigenvalue weighted by Crippen LogP contribution is 2.32. The molecule has 0 unspecified atom stereocenters. The first-order valence-electron chi connectivity index (χ1n) is 11.2. The van der Waals surface area contributed by atoms with Gasteiger partial charge in [-0.25, -0.2) is 9.78 Å². The highest BCUT2D eigenvalue weighted by atomic mass is 35.5. The third kappa shape index (κ3) is 6.17. The number of hydrogen-bond acceptors (Lipinski definition) is 6. The molecule has 35 heavy (non-hydrogen) atoms. The summed E-state index contributed by atoms with van der Waals surface area (Å²) in [5.74, 6) is -0.233. The minimum atomic E-state index is -0.627. The Balaban J connectivity index is 1.36. The van der Waals surface area contributed by atoms with Gasteiger partial charge in [0.2, 0.25) is 5.91 Å². The van der Waals surface area contributed by atoms with Gasteiger partial charge in [-0.1, -0.05) is 41.9 Å². The van der Waals surface area contributed by atoms with E-state index in [-0.39, 0.29) is 24.3 Å². The van der Waals surface area contributed by atoms with Crippen molar-refractivity contribution in [3.63, 3.8) is 0 Å². The van der Waals surface area contributed by atoms with Crippen LogP contribution in [0.3, 0.4) is 0 Å². The van der Waals surface area contributed by atoms with E-state index in [9.17, 15) is 14.4 Å². The molecule has 1 saturated heterocycles. The number of piperidine rings is 1. The number of benzene rings is 2. The molecular weight excluding hydrogens is 488 g/mol. The zero-order valence-corrected chi connectivity index (χ0v) is 20.7. The number of alkyl carbamates (subject to hydrolysis) is 1. The van der Waals surface area contributed by atoms with Crippen LogP contribution in [0.25, 0.3) is 11.1 Å². The smallest absolute Gasteiger partial charge is 0.407 e. The maximum absolute atomic E-state index is 13.0. The summed E-state index contributed by atoms with van der Waals surface area (Å²) in [6.45, 7) is 1.06. The molecule has 0 saturated carbocycles. The summed E-state index contributed by atoms with van der Waals surface area (Å²) in [4.78, 5) is 42.7. The lowest BCUT2D eigenvalue weighted by atomic mass is 9.97. The van der Waals surface area contributed by atoms with E-state index in [4.69, 9.17) is 11.6 Å². The van der Waals surface area contributed by atoms with Gasteiger partial charge in [-0.05, 0) is 36.6 Å². The summed E-state index contributed by atoms with van der Waals surface area (Å²) < 4.78 is 4.49. The molecule has 3 amide bonds. The monoisotopic (exact) mass is 512 g/mol. The molecule has 0 bridgehead atoms. The van der Waals surface area contributed by atoms with Gasteiger partial charge in [0.05, 0.1) is 12.1 Å². The number of hydrogen-bond donors (Lipinski definition) is 2. The van der Waals surface area contributed by atoms with E-state index in [2.05, 4.69) is 20.4 Å². The lowest BCUT2D eigenvalue weighted by Gasteiger charge is -2.31. The zero-order chi connectivity index (χ0) is 24.8. The molecule has 0 radical (unpaired) electrons. The van der Waals surface area contributed by atoms with Gasteiger partial charge in [-0.15, -0.1) is 11.3 Å². The van der Waals surface area contributed by atoms with E-state index in [1.807, 2.05) is 48.5 Å². The Hall–Kier alpha value is -3.43. The third-order valence-corrected chi connectivity index (χ3v) is 7.11. The summed E-state index contributed by atoms with van der Waals surface area (Å²) in [6, 6.07) is 15.1. The van der Waals surface area contributed by atoms with Crippen LogP contribution in [0.5, 0.6) is 0 Å². The number of aromatic nitrogens is 1. The minimum Gasteiger partial charge on any atom is -0.453 e. The van der Waals surface area contributed by atoms with Crippen molar-refractivity contribution in [1.82, 2.24) is 15.2 Å². The van der Waals surface area contributed by atoms with Gasteiger partial charge >= 0.3 is 6.09 Å². The fourth-order valence-corrected chi connectivity index (χ4v) is 5.04. The number of nitrogens with one attached hydrogen (secondary N) is 2. The van der Waals surface area contributed by atoms with Gasteiger partial charge in [-0.2, -0.15) is 0 Å². The zero-order valence-electron chi connectivity index (χ0n) is 19.1. The number of halogens is 1. The highest BCUT2D eigenvalue weighted by Gasteiger charge is 2.26. The molecule has 2 aromatic carbocycles. The second kappa shape index (κ2) is 11.3. The molecule has 1 aliphatic heterocycles. The molecule has 1 aliphatic rings. The van der Waals surface area contributed by atoms with E-state index in [0.29, 0.717) is 29.5 Å². The van der Waals surface area contributed by atoms with Gasteiger partial charge in [-0.3, -0.25) is 9.59 Å². The molecule has 182 valence electrons. The van der Waals surface area contributed by atoms with Gasteiger partial charge in [0, 0.05) is 40.7 Å². The number of carbonyl (C=O) groups excluding carboxylic acids is 3. The van der Waals surface area contributed by atoms with E-state index < -0.39 is 6.09 Å². The molecule has 3 aromatic rings. The van der Waals surface area contributed by atoms with Crippen molar-refractivity contribution in [1.29, 1.82) is 0 Å². The largest absolute Gasteiger partial charge is 0.453 e. The molecular formula is C25H25ClN4O4S. The number of thiazole rings is 1. The van der Waals surface area contributed by atoms with Gasteiger partial charge in [0.25, 0.3) is 5.91 Å². The first kappa shape index (κ1) is 24.7. The standard InChI is InChI=1S/C25H25ClN4O4S/c1-34-25(33)27-14-22(31)30-12-10-17(11-13-30)24-29-21(15-35-24)23(32)28-20-5-3-2-4-19(20)16-6-8-18(26)9-7-16/h2-9,15,17H,10-14H2,1H3,(H,27,33)(H,28,32). The van der Waals surface area contributed by atoms with Crippen LogP contribution in [0, 0.1) is 0 Å². The predicted molar refractivity (Wildman–Crippen MR) is 136 cm³/mol. The Labute approximate surface area is 212 Å². The fraction of sp³-hybridized carbons (Fsp3) is 0.280. The number of nitrogens with zero attached hydrogens (tertiary/aromatic N) is 2. The lowest BCUT2D eigenvalue weighted by molar-refractivity contribution is -0.131. The number of methoxy groups -OCH3 is 1. The molecule has 1 fully saturated rings. The number of likely N-dealkylation sites (tertiary alicyclic amines) is 1. The Morgan fingerprint density at radius 2 is 1.83 bits per heavy atom. The van der Waals surface area contributed by atoms with Crippen molar-refractivity contribution < 1.29 is 19.1 Å². The van der Waals surface area contributed by atoms with Crippen molar-refractivity contribution in [2.45, 2.75) is 18.8 Å². The number of para-hydroxylation sites is 1. The average Bonchev–Trinajstić information content (AvgIpc) is 3.39. The number of carbonyl (C=O) groups is 3. The van der Waals surface area contributed by atoms with Crippen LogP contribution in [-0.2, 0) is 9.53 Å². The van der Waals surface area contributed by atoms with E-state index in [0.717, 1.165) is 29.0 Å². The molecule has 2 heterocycles. The highest BCUT2D eigenvalue weighted by molar-refractivity contribution is 7.10. The molecule has 2 N–H and O–H groups in total. The maximum atomic E-state index is 13.0. The van der Waals surface area contributed by atoms with Crippen LogP contribution < -0.4 is 10.6 Å². The number of ether oxygens (including phenoxy) is 1. The van der Waals surface area contributed by atoms with Crippen molar-refractivity contribution in [2.24, 2.45) is 0 Å². The van der Waals surface area contributed by atoms with Crippen LogP contribution in [0.1, 0.15) is 34.3 Å². The summed E-state index contributed by atoms with van der Waals surface area (Å²) in [5.41, 5.74) is 2.91. The van der Waals surface area contributed by atoms with Crippen molar-refractivity contribution >= 4 is 46.5 Å². The number of rotatable bonds is 6. The first-order chi connectivity index (χ1) is 16.9.